The van der Waals surface area contributed by atoms with Gasteiger partial charge in [-0.15, -0.1) is 0 Å². The van der Waals surface area contributed by atoms with E-state index in [-0.39, 0.29) is 32.1 Å². The molecule has 0 saturated heterocycles. The lowest BCUT2D eigenvalue weighted by Gasteiger charge is -2.05. The van der Waals surface area contributed by atoms with Crippen LogP contribution >= 0.6 is 11.3 Å². The lowest BCUT2D eigenvalue weighted by molar-refractivity contribution is -0.384. The number of esters is 1. The Morgan fingerprint density at radius 3 is 2.61 bits per heavy atom. The molecular weight excluding hydrogens is 426 g/mol. The van der Waals surface area contributed by atoms with E-state index in [1.54, 1.807) is 23.6 Å². The fraction of sp³-hybridized carbons (Fsp3) is 0.250. The molecule has 10 nitrogen and oxygen atoms in total. The van der Waals surface area contributed by atoms with Crippen LogP contribution in [0.15, 0.2) is 41.4 Å². The lowest BCUT2D eigenvalue weighted by atomic mass is 10.1. The average Bonchev–Trinajstić information content (AvgIpc) is 3.31. The van der Waals surface area contributed by atoms with Gasteiger partial charge >= 0.3 is 5.97 Å². The number of nitro benzene ring substituents is 1. The normalized spacial score (nSPS) is 12.9. The van der Waals surface area contributed by atoms with E-state index in [1.807, 2.05) is 0 Å². The molecule has 0 N–H and O–H groups in total. The zero-order valence-corrected chi connectivity index (χ0v) is 17.2. The van der Waals surface area contributed by atoms with Crippen LogP contribution in [-0.2, 0) is 27.3 Å². The highest BCUT2D eigenvalue weighted by Gasteiger charge is 2.19. The summed E-state index contributed by atoms with van der Waals surface area (Å²) >= 11 is 1.24. The van der Waals surface area contributed by atoms with Gasteiger partial charge in [-0.3, -0.25) is 19.7 Å². The van der Waals surface area contributed by atoms with Gasteiger partial charge < -0.3 is 18.8 Å². The number of ether oxygens (including phenoxy) is 3. The molecule has 0 spiro atoms. The van der Waals surface area contributed by atoms with Crippen molar-refractivity contribution in [3.63, 3.8) is 0 Å². The van der Waals surface area contributed by atoms with Crippen LogP contribution in [0.5, 0.6) is 11.5 Å². The van der Waals surface area contributed by atoms with Crippen LogP contribution < -0.4 is 14.3 Å². The molecule has 3 aromatic rings. The average molecular weight is 443 g/mol. The van der Waals surface area contributed by atoms with Gasteiger partial charge in [0.15, 0.2) is 16.3 Å². The molecule has 160 valence electrons. The molecule has 1 aliphatic rings. The molecule has 2 aromatic carbocycles. The van der Waals surface area contributed by atoms with Gasteiger partial charge in [0.2, 0.25) is 6.79 Å². The number of nitrogens with zero attached hydrogens (tertiary/aromatic N) is 3. The van der Waals surface area contributed by atoms with Crippen LogP contribution in [0.3, 0.4) is 0 Å². The highest BCUT2D eigenvalue weighted by molar-refractivity contribution is 7.16. The Kier molecular flexibility index (Phi) is 5.67. The standard InChI is InChI=1S/C20H17N3O7S/c1-2-28-19(25)10-22-14-8-15-16(30-11-29-15)9-17(14)31-20(22)21-18(24)7-12-3-5-13(6-4-12)23(26)27/h3-6,8-9H,2,7,10-11H2,1H3. The Morgan fingerprint density at radius 2 is 1.94 bits per heavy atom. The number of hydrogen-bond acceptors (Lipinski definition) is 8. The van der Waals surface area contributed by atoms with Crippen molar-refractivity contribution >= 4 is 39.1 Å². The fourth-order valence-corrected chi connectivity index (χ4v) is 4.15. The van der Waals surface area contributed by atoms with Crippen LogP contribution in [0.25, 0.3) is 10.2 Å². The summed E-state index contributed by atoms with van der Waals surface area (Å²) in [7, 11) is 0. The van der Waals surface area contributed by atoms with E-state index in [0.717, 1.165) is 4.70 Å². The number of thiazole rings is 1. The third kappa shape index (κ3) is 4.40. The molecular formula is C20H17N3O7S. The highest BCUT2D eigenvalue weighted by atomic mass is 32.1. The zero-order chi connectivity index (χ0) is 22.0. The van der Waals surface area contributed by atoms with Gasteiger partial charge in [-0.05, 0) is 12.5 Å². The monoisotopic (exact) mass is 443 g/mol. The Bertz CT molecular complexity index is 1240. The first-order valence-corrected chi connectivity index (χ1v) is 10.2. The van der Waals surface area contributed by atoms with E-state index in [9.17, 15) is 19.7 Å². The summed E-state index contributed by atoms with van der Waals surface area (Å²) in [4.78, 5) is 39.5. The predicted octanol–water partition coefficient (Wildman–Crippen LogP) is 2.57. The quantitative estimate of drug-likeness (QED) is 0.326. The zero-order valence-electron chi connectivity index (χ0n) is 16.4. The molecule has 0 aliphatic carbocycles. The van der Waals surface area contributed by atoms with Gasteiger partial charge in [0.05, 0.1) is 28.2 Å². The minimum Gasteiger partial charge on any atom is -0.465 e. The maximum Gasteiger partial charge on any atom is 0.326 e. The van der Waals surface area contributed by atoms with Crippen molar-refractivity contribution in [2.45, 2.75) is 19.9 Å². The van der Waals surface area contributed by atoms with Crippen molar-refractivity contribution in [1.29, 1.82) is 0 Å². The van der Waals surface area contributed by atoms with Crippen molar-refractivity contribution in [2.24, 2.45) is 4.99 Å². The smallest absolute Gasteiger partial charge is 0.326 e. The lowest BCUT2D eigenvalue weighted by Crippen LogP contribution is -2.23. The van der Waals surface area contributed by atoms with Crippen molar-refractivity contribution in [1.82, 2.24) is 4.57 Å². The topological polar surface area (TPSA) is 122 Å². The molecule has 0 saturated carbocycles. The molecule has 1 aliphatic heterocycles. The van der Waals surface area contributed by atoms with E-state index >= 15 is 0 Å². The number of amides is 1. The second-order valence-corrected chi connectivity index (χ2v) is 7.56. The molecule has 0 bridgehead atoms. The molecule has 2 heterocycles. The Labute approximate surface area is 179 Å². The Hall–Kier alpha value is -3.73. The van der Waals surface area contributed by atoms with Crippen LogP contribution in [-0.4, -0.2) is 34.8 Å². The number of benzene rings is 2. The van der Waals surface area contributed by atoms with Gasteiger partial charge in [0.25, 0.3) is 11.6 Å². The third-order valence-corrected chi connectivity index (χ3v) is 5.53. The maximum absolute atomic E-state index is 12.6. The van der Waals surface area contributed by atoms with Gasteiger partial charge in [0, 0.05) is 24.3 Å². The molecule has 1 aromatic heterocycles. The summed E-state index contributed by atoms with van der Waals surface area (Å²) in [6.07, 6.45) is -0.0334. The largest absolute Gasteiger partial charge is 0.465 e. The molecule has 0 unspecified atom stereocenters. The van der Waals surface area contributed by atoms with Crippen LogP contribution in [0, 0.1) is 10.1 Å². The molecule has 0 fully saturated rings. The SMILES string of the molecule is CCOC(=O)Cn1c(=NC(=O)Cc2ccc([N+](=O)[O-])cc2)sc2cc3c(cc21)OCO3. The van der Waals surface area contributed by atoms with E-state index < -0.39 is 16.8 Å². The van der Waals surface area contributed by atoms with Crippen molar-refractivity contribution in [2.75, 3.05) is 13.4 Å². The number of non-ortho nitro benzene ring substituents is 1. The number of fused-ring (bicyclic) bond motifs is 2. The molecule has 0 radical (unpaired) electrons. The van der Waals surface area contributed by atoms with Crippen LogP contribution in [0.4, 0.5) is 5.69 Å². The van der Waals surface area contributed by atoms with Gasteiger partial charge in [-0.1, -0.05) is 23.5 Å². The maximum atomic E-state index is 12.6. The van der Waals surface area contributed by atoms with Crippen molar-refractivity contribution < 1.29 is 28.7 Å². The number of hydrogen-bond donors (Lipinski definition) is 0. The van der Waals surface area contributed by atoms with Crippen molar-refractivity contribution in [3.8, 4) is 11.5 Å². The van der Waals surface area contributed by atoms with Crippen LogP contribution in [0.1, 0.15) is 12.5 Å². The number of rotatable bonds is 6. The minimum absolute atomic E-state index is 0.0334. The summed E-state index contributed by atoms with van der Waals surface area (Å²) in [6.45, 7) is 1.96. The van der Waals surface area contributed by atoms with Crippen LogP contribution in [0.2, 0.25) is 0 Å². The van der Waals surface area contributed by atoms with Gasteiger partial charge in [0.1, 0.15) is 6.54 Å². The molecule has 31 heavy (non-hydrogen) atoms. The molecule has 0 atom stereocenters. The Morgan fingerprint density at radius 1 is 1.23 bits per heavy atom. The third-order valence-electron chi connectivity index (χ3n) is 4.49. The van der Waals surface area contributed by atoms with Gasteiger partial charge in [-0.25, -0.2) is 0 Å². The molecule has 11 heteroatoms. The predicted molar refractivity (Wildman–Crippen MR) is 110 cm³/mol. The first-order chi connectivity index (χ1) is 14.9. The highest BCUT2D eigenvalue weighted by Crippen LogP contribution is 2.37. The van der Waals surface area contributed by atoms with Crippen molar-refractivity contribution in [3.05, 3.63) is 56.9 Å². The molecule has 4 rings (SSSR count). The van der Waals surface area contributed by atoms with Gasteiger partial charge in [-0.2, -0.15) is 4.99 Å². The Balaban J connectivity index is 1.69. The van der Waals surface area contributed by atoms with E-state index in [1.165, 1.54) is 35.6 Å². The van der Waals surface area contributed by atoms with E-state index in [0.29, 0.717) is 27.4 Å². The summed E-state index contributed by atoms with van der Waals surface area (Å²) in [6, 6.07) is 9.23. The van der Waals surface area contributed by atoms with E-state index in [2.05, 4.69) is 4.99 Å². The summed E-state index contributed by atoms with van der Waals surface area (Å²) in [5.74, 6) is 0.231. The second-order valence-electron chi connectivity index (χ2n) is 6.55. The van der Waals surface area contributed by atoms with E-state index in [4.69, 9.17) is 14.2 Å². The number of aromatic nitrogens is 1. The number of carbonyl (C=O) groups excluding carboxylic acids is 2. The fourth-order valence-electron chi connectivity index (χ4n) is 3.09. The molecule has 1 amide bonds. The summed E-state index contributed by atoms with van der Waals surface area (Å²) in [5.41, 5.74) is 1.21. The summed E-state index contributed by atoms with van der Waals surface area (Å²) < 4.78 is 18.2. The first kappa shape index (κ1) is 20.5. The first-order valence-electron chi connectivity index (χ1n) is 9.34. The minimum atomic E-state index is -0.504. The summed E-state index contributed by atoms with van der Waals surface area (Å²) in [5, 5.41) is 10.8. The number of nitro groups is 1. The number of carbonyl (C=O) groups is 2. The second kappa shape index (κ2) is 8.56.